The van der Waals surface area contributed by atoms with Gasteiger partial charge in [-0.3, -0.25) is 0 Å². The van der Waals surface area contributed by atoms with E-state index in [4.69, 9.17) is 9.47 Å². The molecule has 0 aromatic heterocycles. The summed E-state index contributed by atoms with van der Waals surface area (Å²) in [6, 6.07) is 8.97. The van der Waals surface area contributed by atoms with Crippen LogP contribution in [0.15, 0.2) is 35.4 Å². The fraction of sp³-hybridized carbons (Fsp3) is 0.333. The number of rotatable bonds is 4. The Balaban J connectivity index is 2.42. The van der Waals surface area contributed by atoms with E-state index in [0.717, 1.165) is 6.42 Å². The molecule has 0 aliphatic heterocycles. The van der Waals surface area contributed by atoms with Crippen LogP contribution >= 0.6 is 0 Å². The van der Waals surface area contributed by atoms with Crippen molar-refractivity contribution >= 4 is 12.1 Å². The van der Waals surface area contributed by atoms with Crippen molar-refractivity contribution in [2.24, 2.45) is 5.10 Å². The summed E-state index contributed by atoms with van der Waals surface area (Å²) in [4.78, 5) is 11.4. The van der Waals surface area contributed by atoms with Crippen LogP contribution in [0.4, 0.5) is 4.79 Å². The molecule has 1 rings (SSSR count). The van der Waals surface area contributed by atoms with Crippen LogP contribution in [0.1, 0.15) is 13.3 Å². The van der Waals surface area contributed by atoms with Gasteiger partial charge in [0.2, 0.25) is 0 Å². The number of nitrogens with one attached hydrogen (secondary N) is 2. The van der Waals surface area contributed by atoms with Gasteiger partial charge in [-0.15, -0.1) is 5.10 Å². The van der Waals surface area contributed by atoms with E-state index < -0.39 is 6.09 Å². The summed E-state index contributed by atoms with van der Waals surface area (Å²) in [7, 11) is 1.65. The van der Waals surface area contributed by atoms with E-state index >= 15 is 0 Å². The topological polar surface area (TPSA) is 72.0 Å². The molecule has 0 radical (unpaired) electrons. The van der Waals surface area contributed by atoms with Gasteiger partial charge in [0, 0.05) is 7.05 Å². The van der Waals surface area contributed by atoms with Crippen molar-refractivity contribution in [3.8, 4) is 5.75 Å². The maximum Gasteiger partial charge on any atom is 0.433 e. The van der Waals surface area contributed by atoms with Gasteiger partial charge in [0.1, 0.15) is 5.75 Å². The minimum atomic E-state index is -0.672. The molecule has 0 aliphatic rings. The summed E-state index contributed by atoms with van der Waals surface area (Å²) in [5, 5.41) is 6.45. The van der Waals surface area contributed by atoms with Gasteiger partial charge in [-0.05, 0) is 18.6 Å². The highest BCUT2D eigenvalue weighted by Crippen LogP contribution is 2.07. The van der Waals surface area contributed by atoms with Crippen LogP contribution in [0, 0.1) is 0 Å². The lowest BCUT2D eigenvalue weighted by Crippen LogP contribution is -2.29. The first kappa shape index (κ1) is 13.8. The molecule has 18 heavy (non-hydrogen) atoms. The van der Waals surface area contributed by atoms with E-state index in [-0.39, 0.29) is 6.02 Å². The van der Waals surface area contributed by atoms with E-state index in [9.17, 15) is 4.79 Å². The van der Waals surface area contributed by atoms with Crippen molar-refractivity contribution in [1.29, 1.82) is 0 Å². The Morgan fingerprint density at radius 3 is 2.67 bits per heavy atom. The summed E-state index contributed by atoms with van der Waals surface area (Å²) in [6.07, 6.45) is 0.184. The average molecular weight is 251 g/mol. The quantitative estimate of drug-likeness (QED) is 0.485. The van der Waals surface area contributed by atoms with Gasteiger partial charge in [0.25, 0.3) is 0 Å². The van der Waals surface area contributed by atoms with E-state index in [0.29, 0.717) is 12.4 Å². The summed E-state index contributed by atoms with van der Waals surface area (Å²) < 4.78 is 10.2. The van der Waals surface area contributed by atoms with Crippen LogP contribution in [0.3, 0.4) is 0 Å². The van der Waals surface area contributed by atoms with Gasteiger partial charge in [-0.2, -0.15) is 0 Å². The van der Waals surface area contributed by atoms with Crippen molar-refractivity contribution in [3.63, 3.8) is 0 Å². The first-order valence-electron chi connectivity index (χ1n) is 5.67. The Kier molecular flexibility index (Phi) is 6.10. The second-order valence-corrected chi connectivity index (χ2v) is 3.33. The molecular weight excluding hydrogens is 234 g/mol. The molecule has 0 atom stereocenters. The third kappa shape index (κ3) is 5.20. The molecule has 6 nitrogen and oxygen atoms in total. The molecule has 0 heterocycles. The third-order valence-electron chi connectivity index (χ3n) is 1.86. The molecule has 0 saturated heterocycles. The van der Waals surface area contributed by atoms with E-state index in [2.05, 4.69) is 15.8 Å². The Labute approximate surface area is 106 Å². The van der Waals surface area contributed by atoms with Crippen LogP contribution in [-0.4, -0.2) is 25.8 Å². The molecule has 0 bridgehead atoms. The first-order valence-corrected chi connectivity index (χ1v) is 5.67. The predicted molar refractivity (Wildman–Crippen MR) is 68.3 cm³/mol. The van der Waals surface area contributed by atoms with Crippen LogP contribution in [0.25, 0.3) is 0 Å². The average Bonchev–Trinajstić information content (AvgIpc) is 2.40. The number of amidine groups is 1. The fourth-order valence-electron chi connectivity index (χ4n) is 1.07. The number of ether oxygens (including phenoxy) is 2. The zero-order valence-electron chi connectivity index (χ0n) is 10.5. The van der Waals surface area contributed by atoms with Crippen molar-refractivity contribution < 1.29 is 14.3 Å². The van der Waals surface area contributed by atoms with Gasteiger partial charge in [-0.25, -0.2) is 10.2 Å². The summed E-state index contributed by atoms with van der Waals surface area (Å²) >= 11 is 0. The lowest BCUT2D eigenvalue weighted by molar-refractivity contribution is 0.199. The number of nitrogens with zero attached hydrogens (tertiary/aromatic N) is 1. The number of hydrogen-bond donors (Lipinski definition) is 2. The van der Waals surface area contributed by atoms with Gasteiger partial charge in [0.05, 0.1) is 6.61 Å². The molecule has 1 amide bonds. The molecule has 0 spiro atoms. The van der Waals surface area contributed by atoms with Crippen LogP contribution in [-0.2, 0) is 4.74 Å². The molecule has 0 fully saturated rings. The summed E-state index contributed by atoms with van der Waals surface area (Å²) in [6.45, 7) is 2.50. The van der Waals surface area contributed by atoms with Gasteiger partial charge >= 0.3 is 12.1 Å². The highest BCUT2D eigenvalue weighted by molar-refractivity contribution is 5.76. The van der Waals surface area contributed by atoms with Gasteiger partial charge < -0.3 is 14.8 Å². The monoisotopic (exact) mass is 251 g/mol. The zero-order chi connectivity index (χ0) is 13.2. The molecule has 0 aliphatic carbocycles. The standard InChI is InChI=1S/C12H17N3O3/c1-3-9-17-11(13-2)14-15-12(16)18-10-7-5-4-6-8-10/h4-8H,3,9H2,1-2H3,(H,13,14)(H,15,16). The van der Waals surface area contributed by atoms with Gasteiger partial charge in [-0.1, -0.05) is 25.1 Å². The maximum absolute atomic E-state index is 11.4. The smallest absolute Gasteiger partial charge is 0.433 e. The molecule has 0 unspecified atom stereocenters. The van der Waals surface area contributed by atoms with Gasteiger partial charge in [0.15, 0.2) is 0 Å². The highest BCUT2D eigenvalue weighted by atomic mass is 16.6. The Hall–Kier alpha value is -2.24. The zero-order valence-corrected chi connectivity index (χ0v) is 10.5. The molecule has 2 N–H and O–H groups in total. The van der Waals surface area contributed by atoms with Crippen LogP contribution in [0.2, 0.25) is 0 Å². The predicted octanol–water partition coefficient (Wildman–Crippen LogP) is 1.69. The lowest BCUT2D eigenvalue weighted by Gasteiger charge is -2.07. The number of hydrazone groups is 1. The summed E-state index contributed by atoms with van der Waals surface area (Å²) in [5.74, 6) is 0.450. The van der Waals surface area contributed by atoms with Crippen LogP contribution < -0.4 is 15.5 Å². The van der Waals surface area contributed by atoms with Crippen molar-refractivity contribution in [2.45, 2.75) is 13.3 Å². The highest BCUT2D eigenvalue weighted by Gasteiger charge is 2.03. The number of carbonyl (C=O) groups excluding carboxylic acids is 1. The number of benzene rings is 1. The normalized spacial score (nSPS) is 10.7. The first-order chi connectivity index (χ1) is 8.76. The van der Waals surface area contributed by atoms with E-state index in [1.54, 1.807) is 31.3 Å². The maximum atomic E-state index is 11.4. The Bertz CT molecular complexity index is 393. The molecule has 1 aromatic rings. The van der Waals surface area contributed by atoms with Crippen molar-refractivity contribution in [3.05, 3.63) is 30.3 Å². The number of hydrogen-bond acceptors (Lipinski definition) is 4. The van der Waals surface area contributed by atoms with Crippen molar-refractivity contribution in [1.82, 2.24) is 10.7 Å². The number of para-hydroxylation sites is 1. The molecule has 6 heteroatoms. The van der Waals surface area contributed by atoms with E-state index in [1.807, 2.05) is 13.0 Å². The number of amides is 1. The lowest BCUT2D eigenvalue weighted by atomic mass is 10.3. The SMILES string of the molecule is CCCOC(=NNC(=O)Oc1ccccc1)NC. The largest absolute Gasteiger partial charge is 0.464 e. The molecule has 1 aromatic carbocycles. The Morgan fingerprint density at radius 1 is 1.33 bits per heavy atom. The minimum absolute atomic E-state index is 0.238. The van der Waals surface area contributed by atoms with E-state index in [1.165, 1.54) is 0 Å². The second-order valence-electron chi connectivity index (χ2n) is 3.33. The third-order valence-corrected chi connectivity index (χ3v) is 1.86. The van der Waals surface area contributed by atoms with Crippen molar-refractivity contribution in [2.75, 3.05) is 13.7 Å². The molecular formula is C12H17N3O3. The Morgan fingerprint density at radius 2 is 2.06 bits per heavy atom. The van der Waals surface area contributed by atoms with Crippen LogP contribution in [0.5, 0.6) is 5.75 Å². The fourth-order valence-corrected chi connectivity index (χ4v) is 1.07. The molecule has 0 saturated carbocycles. The number of carbonyl (C=O) groups is 1. The molecule has 98 valence electrons. The minimum Gasteiger partial charge on any atom is -0.464 e. The summed E-state index contributed by atoms with van der Waals surface area (Å²) in [5.41, 5.74) is 2.23. The second kappa shape index (κ2) is 7.94.